The molecule has 0 radical (unpaired) electrons. The summed E-state index contributed by atoms with van der Waals surface area (Å²) in [5, 5.41) is 7.30. The largest absolute Gasteiger partial charge is 0.317 e. The van der Waals surface area contributed by atoms with E-state index in [1.807, 2.05) is 6.92 Å². The second kappa shape index (κ2) is 8.04. The average Bonchev–Trinajstić information content (AvgIpc) is 2.90. The SMILES string of the molecule is C#CCN(CC)S(=O)(=O)c1cnn(CCCNCC)c1. The van der Waals surface area contributed by atoms with Crippen LogP contribution < -0.4 is 5.32 Å². The number of nitrogens with one attached hydrogen (secondary N) is 1. The summed E-state index contributed by atoms with van der Waals surface area (Å²) in [6, 6.07) is 0. The fraction of sp³-hybridized carbons (Fsp3) is 0.615. The maximum Gasteiger partial charge on any atom is 0.247 e. The maximum atomic E-state index is 12.3. The van der Waals surface area contributed by atoms with Crippen molar-refractivity contribution in [3.63, 3.8) is 0 Å². The van der Waals surface area contributed by atoms with Crippen LogP contribution in [0.3, 0.4) is 0 Å². The first kappa shape index (κ1) is 16.7. The predicted molar refractivity (Wildman–Crippen MR) is 78.7 cm³/mol. The highest BCUT2D eigenvalue weighted by molar-refractivity contribution is 7.89. The molecule has 1 heterocycles. The first-order chi connectivity index (χ1) is 9.56. The Bertz CT molecular complexity index is 545. The number of terminal acetylenes is 1. The van der Waals surface area contributed by atoms with Crippen LogP contribution in [0, 0.1) is 12.3 Å². The zero-order valence-corrected chi connectivity index (χ0v) is 12.9. The smallest absolute Gasteiger partial charge is 0.247 e. The molecule has 112 valence electrons. The molecule has 0 aliphatic carbocycles. The van der Waals surface area contributed by atoms with Crippen molar-refractivity contribution in [2.75, 3.05) is 26.2 Å². The Hall–Kier alpha value is -1.36. The van der Waals surface area contributed by atoms with E-state index in [1.54, 1.807) is 17.8 Å². The lowest BCUT2D eigenvalue weighted by molar-refractivity contribution is 0.464. The van der Waals surface area contributed by atoms with Crippen molar-refractivity contribution in [3.8, 4) is 12.3 Å². The molecule has 0 atom stereocenters. The van der Waals surface area contributed by atoms with Gasteiger partial charge in [-0.1, -0.05) is 19.8 Å². The van der Waals surface area contributed by atoms with Crippen LogP contribution in [0.1, 0.15) is 20.3 Å². The van der Waals surface area contributed by atoms with Gasteiger partial charge < -0.3 is 5.32 Å². The quantitative estimate of drug-likeness (QED) is 0.533. The molecule has 7 heteroatoms. The number of aromatic nitrogens is 2. The highest BCUT2D eigenvalue weighted by Gasteiger charge is 2.23. The monoisotopic (exact) mass is 298 g/mol. The minimum atomic E-state index is -3.54. The molecule has 1 aromatic heterocycles. The molecule has 0 saturated carbocycles. The molecular formula is C13H22N4O2S. The summed E-state index contributed by atoms with van der Waals surface area (Å²) in [4.78, 5) is 0.193. The van der Waals surface area contributed by atoms with Crippen LogP contribution in [0.15, 0.2) is 17.3 Å². The number of hydrogen-bond donors (Lipinski definition) is 1. The van der Waals surface area contributed by atoms with E-state index in [-0.39, 0.29) is 11.4 Å². The van der Waals surface area contributed by atoms with Crippen molar-refractivity contribution in [1.29, 1.82) is 0 Å². The van der Waals surface area contributed by atoms with Crippen LogP contribution in [0.2, 0.25) is 0 Å². The van der Waals surface area contributed by atoms with Crippen LogP contribution in [0.5, 0.6) is 0 Å². The third kappa shape index (κ3) is 4.34. The molecule has 0 saturated heterocycles. The van der Waals surface area contributed by atoms with Gasteiger partial charge in [0, 0.05) is 19.3 Å². The van der Waals surface area contributed by atoms with Gasteiger partial charge >= 0.3 is 0 Å². The van der Waals surface area contributed by atoms with Gasteiger partial charge in [-0.15, -0.1) is 6.42 Å². The van der Waals surface area contributed by atoms with Crippen LogP contribution in [0.4, 0.5) is 0 Å². The first-order valence-corrected chi connectivity index (χ1v) is 8.17. The normalized spacial score (nSPS) is 11.7. The summed E-state index contributed by atoms with van der Waals surface area (Å²) in [5.74, 6) is 2.36. The Morgan fingerprint density at radius 1 is 1.50 bits per heavy atom. The Kier molecular flexibility index (Phi) is 6.71. The number of aryl methyl sites for hydroxylation is 1. The van der Waals surface area contributed by atoms with Gasteiger partial charge in [0.25, 0.3) is 0 Å². The standard InChI is InChI=1S/C13H22N4O2S/c1-4-9-17(6-3)20(18,19)13-11-15-16(12-13)10-7-8-14-5-2/h1,11-12,14H,5-10H2,2-3H3. The summed E-state index contributed by atoms with van der Waals surface area (Å²) in [5.41, 5.74) is 0. The van der Waals surface area contributed by atoms with Crippen LogP contribution >= 0.6 is 0 Å². The molecule has 0 aliphatic heterocycles. The first-order valence-electron chi connectivity index (χ1n) is 6.73. The molecule has 0 fully saturated rings. The van der Waals surface area contributed by atoms with Crippen molar-refractivity contribution in [2.24, 2.45) is 0 Å². The van der Waals surface area contributed by atoms with E-state index in [0.29, 0.717) is 13.1 Å². The summed E-state index contributed by atoms with van der Waals surface area (Å²) in [6.45, 7) is 6.72. The van der Waals surface area contributed by atoms with E-state index in [0.717, 1.165) is 19.5 Å². The molecule has 1 rings (SSSR count). The lowest BCUT2D eigenvalue weighted by Gasteiger charge is -2.16. The van der Waals surface area contributed by atoms with Gasteiger partial charge in [0.1, 0.15) is 4.90 Å². The van der Waals surface area contributed by atoms with Crippen molar-refractivity contribution in [1.82, 2.24) is 19.4 Å². The molecular weight excluding hydrogens is 276 g/mol. The minimum absolute atomic E-state index is 0.0738. The van der Waals surface area contributed by atoms with Crippen LogP contribution in [0.25, 0.3) is 0 Å². The van der Waals surface area contributed by atoms with E-state index in [2.05, 4.69) is 16.3 Å². The van der Waals surface area contributed by atoms with Crippen molar-refractivity contribution >= 4 is 10.0 Å². The molecule has 0 spiro atoms. The van der Waals surface area contributed by atoms with E-state index >= 15 is 0 Å². The molecule has 20 heavy (non-hydrogen) atoms. The summed E-state index contributed by atoms with van der Waals surface area (Å²) in [7, 11) is -3.54. The number of hydrogen-bond acceptors (Lipinski definition) is 4. The summed E-state index contributed by atoms with van der Waals surface area (Å²) < 4.78 is 27.5. The van der Waals surface area contributed by atoms with Crippen LogP contribution in [-0.2, 0) is 16.6 Å². The van der Waals surface area contributed by atoms with Crippen molar-refractivity contribution in [3.05, 3.63) is 12.4 Å². The zero-order valence-electron chi connectivity index (χ0n) is 12.0. The second-order valence-corrected chi connectivity index (χ2v) is 6.22. The number of nitrogens with zero attached hydrogens (tertiary/aromatic N) is 3. The Morgan fingerprint density at radius 3 is 2.85 bits per heavy atom. The summed E-state index contributed by atoms with van der Waals surface area (Å²) in [6.07, 6.45) is 9.03. The van der Waals surface area contributed by atoms with Gasteiger partial charge in [-0.05, 0) is 19.5 Å². The fourth-order valence-electron chi connectivity index (χ4n) is 1.76. The third-order valence-electron chi connectivity index (χ3n) is 2.86. The maximum absolute atomic E-state index is 12.3. The van der Waals surface area contributed by atoms with Gasteiger partial charge in [0.05, 0.1) is 12.7 Å². The third-order valence-corrected chi connectivity index (χ3v) is 4.73. The second-order valence-electron chi connectivity index (χ2n) is 4.28. The van der Waals surface area contributed by atoms with Crippen LogP contribution in [-0.4, -0.2) is 48.7 Å². The van der Waals surface area contributed by atoms with E-state index in [1.165, 1.54) is 10.5 Å². The zero-order chi connectivity index (χ0) is 15.0. The fourth-order valence-corrected chi connectivity index (χ4v) is 3.08. The molecule has 0 aromatic carbocycles. The average molecular weight is 298 g/mol. The van der Waals surface area contributed by atoms with E-state index in [4.69, 9.17) is 6.42 Å². The summed E-state index contributed by atoms with van der Waals surface area (Å²) >= 11 is 0. The number of rotatable bonds is 9. The molecule has 0 bridgehead atoms. The highest BCUT2D eigenvalue weighted by Crippen LogP contribution is 2.14. The van der Waals surface area contributed by atoms with E-state index < -0.39 is 10.0 Å². The highest BCUT2D eigenvalue weighted by atomic mass is 32.2. The lowest BCUT2D eigenvalue weighted by Crippen LogP contribution is -2.31. The van der Waals surface area contributed by atoms with Gasteiger partial charge in [-0.25, -0.2) is 8.42 Å². The lowest BCUT2D eigenvalue weighted by atomic mass is 10.4. The van der Waals surface area contributed by atoms with Crippen molar-refractivity contribution in [2.45, 2.75) is 31.7 Å². The van der Waals surface area contributed by atoms with Gasteiger partial charge in [-0.3, -0.25) is 4.68 Å². The Morgan fingerprint density at radius 2 is 2.25 bits per heavy atom. The Balaban J connectivity index is 2.72. The molecule has 1 aromatic rings. The van der Waals surface area contributed by atoms with Gasteiger partial charge in [0.2, 0.25) is 10.0 Å². The van der Waals surface area contributed by atoms with Gasteiger partial charge in [-0.2, -0.15) is 9.40 Å². The van der Waals surface area contributed by atoms with Crippen molar-refractivity contribution < 1.29 is 8.42 Å². The Labute approximate surface area is 121 Å². The molecule has 1 N–H and O–H groups in total. The molecule has 0 amide bonds. The molecule has 0 unspecified atom stereocenters. The molecule has 6 nitrogen and oxygen atoms in total. The topological polar surface area (TPSA) is 67.2 Å². The molecule has 0 aliphatic rings. The van der Waals surface area contributed by atoms with Gasteiger partial charge in [0.15, 0.2) is 0 Å². The van der Waals surface area contributed by atoms with E-state index in [9.17, 15) is 8.42 Å². The minimum Gasteiger partial charge on any atom is -0.317 e. The predicted octanol–water partition coefficient (Wildman–Crippen LogP) is 0.527. The number of sulfonamides is 1.